The predicted molar refractivity (Wildman–Crippen MR) is 65.0 cm³/mol. The SMILES string of the molecule is CSCCC(C)N(C)c1ccc(C=O)o1. The maximum absolute atomic E-state index is 10.5. The van der Waals surface area contributed by atoms with Crippen LogP contribution in [0.2, 0.25) is 0 Å². The normalized spacial score (nSPS) is 12.5. The molecule has 0 aliphatic rings. The van der Waals surface area contributed by atoms with Crippen LogP contribution in [0.15, 0.2) is 16.5 Å². The zero-order valence-corrected chi connectivity index (χ0v) is 10.2. The van der Waals surface area contributed by atoms with Crippen molar-refractivity contribution in [3.05, 3.63) is 17.9 Å². The van der Waals surface area contributed by atoms with Gasteiger partial charge in [-0.05, 0) is 31.4 Å². The van der Waals surface area contributed by atoms with Crippen molar-refractivity contribution in [3.63, 3.8) is 0 Å². The minimum Gasteiger partial charge on any atom is -0.438 e. The van der Waals surface area contributed by atoms with Gasteiger partial charge in [-0.2, -0.15) is 11.8 Å². The lowest BCUT2D eigenvalue weighted by molar-refractivity contribution is 0.110. The third kappa shape index (κ3) is 3.30. The summed E-state index contributed by atoms with van der Waals surface area (Å²) in [6.45, 7) is 2.15. The van der Waals surface area contributed by atoms with Crippen LogP contribution in [-0.4, -0.2) is 31.4 Å². The highest BCUT2D eigenvalue weighted by atomic mass is 32.2. The van der Waals surface area contributed by atoms with E-state index in [0.717, 1.165) is 24.3 Å². The Hall–Kier alpha value is -0.900. The Labute approximate surface area is 94.8 Å². The molecule has 0 spiro atoms. The first kappa shape index (κ1) is 12.2. The Morgan fingerprint density at radius 2 is 2.33 bits per heavy atom. The lowest BCUT2D eigenvalue weighted by Gasteiger charge is -2.23. The number of nitrogens with zero attached hydrogens (tertiary/aromatic N) is 1. The molecule has 1 aromatic heterocycles. The van der Waals surface area contributed by atoms with E-state index in [1.165, 1.54) is 0 Å². The Morgan fingerprint density at radius 1 is 1.60 bits per heavy atom. The van der Waals surface area contributed by atoms with Gasteiger partial charge in [-0.15, -0.1) is 0 Å². The second kappa shape index (κ2) is 5.85. The van der Waals surface area contributed by atoms with Gasteiger partial charge in [0.25, 0.3) is 0 Å². The summed E-state index contributed by atoms with van der Waals surface area (Å²) < 4.78 is 5.35. The van der Waals surface area contributed by atoms with Crippen molar-refractivity contribution in [2.45, 2.75) is 19.4 Å². The lowest BCUT2D eigenvalue weighted by Crippen LogP contribution is -2.28. The molecule has 0 fully saturated rings. The van der Waals surface area contributed by atoms with Crippen LogP contribution in [-0.2, 0) is 0 Å². The summed E-state index contributed by atoms with van der Waals surface area (Å²) in [7, 11) is 1.98. The van der Waals surface area contributed by atoms with Crippen molar-refractivity contribution in [1.82, 2.24) is 0 Å². The summed E-state index contributed by atoms with van der Waals surface area (Å²) in [5.74, 6) is 2.27. The van der Waals surface area contributed by atoms with Gasteiger partial charge in [-0.3, -0.25) is 4.79 Å². The molecular weight excluding hydrogens is 210 g/mol. The van der Waals surface area contributed by atoms with Gasteiger partial charge in [-0.1, -0.05) is 0 Å². The maximum Gasteiger partial charge on any atom is 0.196 e. The molecule has 1 heterocycles. The summed E-state index contributed by atoms with van der Waals surface area (Å²) in [4.78, 5) is 12.5. The van der Waals surface area contributed by atoms with Crippen LogP contribution < -0.4 is 4.90 Å². The van der Waals surface area contributed by atoms with Crippen molar-refractivity contribution in [2.75, 3.05) is 24.0 Å². The summed E-state index contributed by atoms with van der Waals surface area (Å²) in [5.41, 5.74) is 0. The molecule has 0 aliphatic carbocycles. The number of anilines is 1. The molecule has 84 valence electrons. The molecule has 0 N–H and O–H groups in total. The van der Waals surface area contributed by atoms with Crippen LogP contribution in [0.25, 0.3) is 0 Å². The predicted octanol–water partition coefficient (Wildman–Crippen LogP) is 2.67. The van der Waals surface area contributed by atoms with Gasteiger partial charge in [0.2, 0.25) is 0 Å². The smallest absolute Gasteiger partial charge is 0.196 e. The average molecular weight is 227 g/mol. The number of thioether (sulfide) groups is 1. The Morgan fingerprint density at radius 3 is 2.87 bits per heavy atom. The molecule has 0 saturated heterocycles. The lowest BCUT2D eigenvalue weighted by atomic mass is 10.2. The van der Waals surface area contributed by atoms with E-state index in [9.17, 15) is 4.79 Å². The first-order chi connectivity index (χ1) is 7.19. The Balaban J connectivity index is 2.58. The van der Waals surface area contributed by atoms with E-state index in [0.29, 0.717) is 11.8 Å². The number of aldehydes is 1. The zero-order chi connectivity index (χ0) is 11.3. The summed E-state index contributed by atoms with van der Waals surface area (Å²) >= 11 is 1.84. The van der Waals surface area contributed by atoms with Gasteiger partial charge in [0, 0.05) is 19.2 Å². The fraction of sp³-hybridized carbons (Fsp3) is 0.545. The van der Waals surface area contributed by atoms with Crippen LogP contribution in [0.4, 0.5) is 5.88 Å². The number of carbonyl (C=O) groups excluding carboxylic acids is 1. The molecule has 0 saturated carbocycles. The molecule has 1 unspecified atom stereocenters. The summed E-state index contributed by atoms with van der Waals surface area (Å²) in [6, 6.07) is 3.95. The second-order valence-corrected chi connectivity index (χ2v) is 4.52. The molecule has 0 radical (unpaired) electrons. The standard InChI is InChI=1S/C11H17NO2S/c1-9(6-7-15-3)12(2)11-5-4-10(8-13)14-11/h4-5,8-9H,6-7H2,1-3H3. The van der Waals surface area contributed by atoms with E-state index in [1.807, 2.05) is 24.9 Å². The highest BCUT2D eigenvalue weighted by Gasteiger charge is 2.12. The van der Waals surface area contributed by atoms with Crippen molar-refractivity contribution < 1.29 is 9.21 Å². The monoisotopic (exact) mass is 227 g/mol. The van der Waals surface area contributed by atoms with Crippen LogP contribution in [0.3, 0.4) is 0 Å². The molecule has 0 amide bonds. The number of furan rings is 1. The number of hydrogen-bond acceptors (Lipinski definition) is 4. The van der Waals surface area contributed by atoms with Gasteiger partial charge in [0.15, 0.2) is 17.9 Å². The minimum atomic E-state index is 0.383. The quantitative estimate of drug-likeness (QED) is 0.700. The van der Waals surface area contributed by atoms with Crippen LogP contribution in [0.5, 0.6) is 0 Å². The molecule has 1 rings (SSSR count). The molecule has 0 bridgehead atoms. The topological polar surface area (TPSA) is 33.5 Å². The third-order valence-electron chi connectivity index (χ3n) is 2.48. The fourth-order valence-corrected chi connectivity index (χ4v) is 1.87. The molecule has 0 aliphatic heterocycles. The van der Waals surface area contributed by atoms with Gasteiger partial charge in [0.05, 0.1) is 0 Å². The highest BCUT2D eigenvalue weighted by Crippen LogP contribution is 2.19. The van der Waals surface area contributed by atoms with E-state index >= 15 is 0 Å². The van der Waals surface area contributed by atoms with Crippen molar-refractivity contribution >= 4 is 23.9 Å². The molecule has 1 aromatic rings. The highest BCUT2D eigenvalue weighted by molar-refractivity contribution is 7.98. The van der Waals surface area contributed by atoms with Crippen LogP contribution in [0.1, 0.15) is 23.9 Å². The van der Waals surface area contributed by atoms with Crippen LogP contribution >= 0.6 is 11.8 Å². The van der Waals surface area contributed by atoms with E-state index in [2.05, 4.69) is 18.1 Å². The molecule has 1 atom stereocenters. The van der Waals surface area contributed by atoms with E-state index in [1.54, 1.807) is 6.07 Å². The first-order valence-corrected chi connectivity index (χ1v) is 6.35. The average Bonchev–Trinajstić information content (AvgIpc) is 2.73. The molecule has 4 heteroatoms. The number of carbonyl (C=O) groups is 1. The Bertz CT molecular complexity index is 311. The summed E-state index contributed by atoms with van der Waals surface area (Å²) in [6.07, 6.45) is 3.93. The van der Waals surface area contributed by atoms with E-state index in [4.69, 9.17) is 4.42 Å². The fourth-order valence-electron chi connectivity index (χ4n) is 1.29. The van der Waals surface area contributed by atoms with E-state index in [-0.39, 0.29) is 0 Å². The molecular formula is C11H17NO2S. The number of hydrogen-bond donors (Lipinski definition) is 0. The largest absolute Gasteiger partial charge is 0.438 e. The van der Waals surface area contributed by atoms with Gasteiger partial charge in [0.1, 0.15) is 0 Å². The van der Waals surface area contributed by atoms with Gasteiger partial charge < -0.3 is 9.32 Å². The first-order valence-electron chi connectivity index (χ1n) is 4.95. The summed E-state index contributed by atoms with van der Waals surface area (Å²) in [5, 5.41) is 0. The molecule has 3 nitrogen and oxygen atoms in total. The second-order valence-electron chi connectivity index (χ2n) is 3.54. The van der Waals surface area contributed by atoms with Crippen LogP contribution in [0, 0.1) is 0 Å². The third-order valence-corrected chi connectivity index (χ3v) is 3.12. The van der Waals surface area contributed by atoms with Gasteiger partial charge in [-0.25, -0.2) is 0 Å². The van der Waals surface area contributed by atoms with E-state index < -0.39 is 0 Å². The molecule has 0 aromatic carbocycles. The van der Waals surface area contributed by atoms with Crippen molar-refractivity contribution in [1.29, 1.82) is 0 Å². The number of rotatable bonds is 6. The van der Waals surface area contributed by atoms with Crippen molar-refractivity contribution in [2.24, 2.45) is 0 Å². The van der Waals surface area contributed by atoms with Crippen molar-refractivity contribution in [3.8, 4) is 0 Å². The Kier molecular flexibility index (Phi) is 4.75. The maximum atomic E-state index is 10.5. The zero-order valence-electron chi connectivity index (χ0n) is 9.40. The molecule has 15 heavy (non-hydrogen) atoms. The van der Waals surface area contributed by atoms with Gasteiger partial charge >= 0.3 is 0 Å². The minimum absolute atomic E-state index is 0.383.